The Hall–Kier alpha value is -0.180. The van der Waals surface area contributed by atoms with E-state index >= 15 is 0 Å². The van der Waals surface area contributed by atoms with Crippen LogP contribution < -0.4 is 0 Å². The Balaban J connectivity index is 2.45. The molecule has 0 aromatic heterocycles. The van der Waals surface area contributed by atoms with Crippen molar-refractivity contribution in [3.05, 3.63) is 0 Å². The smallest absolute Gasteiger partial charge is 0.307 e. The maximum atomic E-state index is 11.6. The second-order valence-corrected chi connectivity index (χ2v) is 5.82. The zero-order chi connectivity index (χ0) is 12.6. The number of hydrogen-bond acceptors (Lipinski definition) is 3. The van der Waals surface area contributed by atoms with Gasteiger partial charge < -0.3 is 4.74 Å². The van der Waals surface area contributed by atoms with Gasteiger partial charge in [-0.15, -0.1) is 0 Å². The van der Waals surface area contributed by atoms with Gasteiger partial charge in [0.2, 0.25) is 0 Å². The SMILES string of the molecule is CC1(OC(=O)CCS)CCCCCCCCC1. The van der Waals surface area contributed by atoms with Crippen molar-refractivity contribution in [1.29, 1.82) is 0 Å². The van der Waals surface area contributed by atoms with Gasteiger partial charge in [-0.25, -0.2) is 0 Å². The van der Waals surface area contributed by atoms with Gasteiger partial charge in [-0.3, -0.25) is 4.79 Å². The van der Waals surface area contributed by atoms with Crippen molar-refractivity contribution in [1.82, 2.24) is 0 Å². The van der Waals surface area contributed by atoms with Crippen LogP contribution in [0.2, 0.25) is 0 Å². The Bertz CT molecular complexity index is 218. The average Bonchev–Trinajstić information content (AvgIpc) is 2.27. The third-order valence-electron chi connectivity index (χ3n) is 3.59. The maximum Gasteiger partial charge on any atom is 0.307 e. The second-order valence-electron chi connectivity index (χ2n) is 5.37. The maximum absolute atomic E-state index is 11.6. The summed E-state index contributed by atoms with van der Waals surface area (Å²) in [5.41, 5.74) is -0.225. The predicted molar refractivity (Wildman–Crippen MR) is 74.5 cm³/mol. The van der Waals surface area contributed by atoms with Crippen LogP contribution >= 0.6 is 12.6 Å². The highest BCUT2D eigenvalue weighted by Gasteiger charge is 2.27. The summed E-state index contributed by atoms with van der Waals surface area (Å²) in [6.45, 7) is 2.10. The topological polar surface area (TPSA) is 26.3 Å². The summed E-state index contributed by atoms with van der Waals surface area (Å²) >= 11 is 4.07. The molecule has 1 rings (SSSR count). The van der Waals surface area contributed by atoms with Crippen LogP contribution in [-0.4, -0.2) is 17.3 Å². The Kier molecular flexibility index (Phi) is 7.02. The summed E-state index contributed by atoms with van der Waals surface area (Å²) in [5, 5.41) is 0. The van der Waals surface area contributed by atoms with E-state index < -0.39 is 0 Å². The molecule has 0 aromatic rings. The normalized spacial score (nSPS) is 21.8. The predicted octanol–water partition coefficient (Wildman–Crippen LogP) is 4.13. The molecule has 3 heteroatoms. The van der Waals surface area contributed by atoms with Gasteiger partial charge in [-0.2, -0.15) is 12.6 Å². The van der Waals surface area contributed by atoms with Crippen molar-refractivity contribution in [2.45, 2.75) is 76.7 Å². The van der Waals surface area contributed by atoms with E-state index in [1.807, 2.05) is 0 Å². The molecule has 0 aliphatic heterocycles. The molecule has 0 unspecified atom stereocenters. The van der Waals surface area contributed by atoms with Gasteiger partial charge in [-0.1, -0.05) is 32.1 Å². The molecule has 17 heavy (non-hydrogen) atoms. The van der Waals surface area contributed by atoms with Crippen LogP contribution in [0.5, 0.6) is 0 Å². The third-order valence-corrected chi connectivity index (χ3v) is 3.81. The lowest BCUT2D eigenvalue weighted by Crippen LogP contribution is -2.32. The monoisotopic (exact) mass is 258 g/mol. The van der Waals surface area contributed by atoms with E-state index in [0.717, 1.165) is 12.8 Å². The highest BCUT2D eigenvalue weighted by atomic mass is 32.1. The fourth-order valence-electron chi connectivity index (χ4n) is 2.53. The molecule has 0 aromatic carbocycles. The van der Waals surface area contributed by atoms with Crippen LogP contribution in [0.1, 0.15) is 71.1 Å². The first-order valence-electron chi connectivity index (χ1n) is 6.99. The van der Waals surface area contributed by atoms with Crippen LogP contribution in [0.25, 0.3) is 0 Å². The minimum Gasteiger partial charge on any atom is -0.459 e. The molecule has 0 atom stereocenters. The van der Waals surface area contributed by atoms with Gasteiger partial charge in [0.15, 0.2) is 0 Å². The minimum atomic E-state index is -0.225. The molecular weight excluding hydrogens is 232 g/mol. The molecule has 1 aliphatic carbocycles. The van der Waals surface area contributed by atoms with E-state index in [2.05, 4.69) is 19.6 Å². The molecular formula is C14H26O2S. The standard InChI is InChI=1S/C14H26O2S/c1-14(16-13(15)9-12-17)10-7-5-3-2-4-6-8-11-14/h17H,2-12H2,1H3. The van der Waals surface area contributed by atoms with E-state index in [1.165, 1.54) is 44.9 Å². The number of carbonyl (C=O) groups excluding carboxylic acids is 1. The highest BCUT2D eigenvalue weighted by Crippen LogP contribution is 2.28. The number of carbonyl (C=O) groups is 1. The molecule has 0 N–H and O–H groups in total. The zero-order valence-electron chi connectivity index (χ0n) is 11.0. The Morgan fingerprint density at radius 3 is 2.00 bits per heavy atom. The number of esters is 1. The molecule has 0 radical (unpaired) electrons. The zero-order valence-corrected chi connectivity index (χ0v) is 11.9. The van der Waals surface area contributed by atoms with Crippen LogP contribution in [0, 0.1) is 0 Å². The lowest BCUT2D eigenvalue weighted by Gasteiger charge is -2.30. The summed E-state index contributed by atoms with van der Waals surface area (Å²) in [4.78, 5) is 11.6. The fraction of sp³-hybridized carbons (Fsp3) is 0.929. The van der Waals surface area contributed by atoms with Crippen LogP contribution in [0.3, 0.4) is 0 Å². The van der Waals surface area contributed by atoms with Crippen LogP contribution in [0.4, 0.5) is 0 Å². The van der Waals surface area contributed by atoms with Gasteiger partial charge in [0, 0.05) is 5.75 Å². The molecule has 1 fully saturated rings. The fourth-order valence-corrected chi connectivity index (χ4v) is 2.71. The van der Waals surface area contributed by atoms with Gasteiger partial charge in [0.25, 0.3) is 0 Å². The quantitative estimate of drug-likeness (QED) is 0.608. The van der Waals surface area contributed by atoms with Crippen molar-refractivity contribution in [3.63, 3.8) is 0 Å². The Morgan fingerprint density at radius 1 is 1.06 bits per heavy atom. The molecule has 0 heterocycles. The molecule has 1 saturated carbocycles. The summed E-state index contributed by atoms with van der Waals surface area (Å²) in [6.07, 6.45) is 11.4. The lowest BCUT2D eigenvalue weighted by molar-refractivity contribution is -0.159. The van der Waals surface area contributed by atoms with Crippen molar-refractivity contribution in [3.8, 4) is 0 Å². The largest absolute Gasteiger partial charge is 0.459 e. The van der Waals surface area contributed by atoms with Gasteiger partial charge in [0.05, 0.1) is 6.42 Å². The molecule has 0 amide bonds. The van der Waals surface area contributed by atoms with Crippen LogP contribution in [0.15, 0.2) is 0 Å². The second kappa shape index (κ2) is 8.02. The van der Waals surface area contributed by atoms with Gasteiger partial charge in [-0.05, 0) is 32.6 Å². The first kappa shape index (κ1) is 14.9. The summed E-state index contributed by atoms with van der Waals surface area (Å²) < 4.78 is 5.66. The number of ether oxygens (including phenoxy) is 1. The minimum absolute atomic E-state index is 0.0837. The first-order valence-corrected chi connectivity index (χ1v) is 7.62. The van der Waals surface area contributed by atoms with Crippen molar-refractivity contribution in [2.24, 2.45) is 0 Å². The van der Waals surface area contributed by atoms with Crippen molar-refractivity contribution in [2.75, 3.05) is 5.75 Å². The Morgan fingerprint density at radius 2 is 1.53 bits per heavy atom. The van der Waals surface area contributed by atoms with Gasteiger partial charge in [0.1, 0.15) is 5.60 Å². The first-order chi connectivity index (χ1) is 8.16. The van der Waals surface area contributed by atoms with Crippen molar-refractivity contribution < 1.29 is 9.53 Å². The van der Waals surface area contributed by atoms with E-state index in [1.54, 1.807) is 0 Å². The van der Waals surface area contributed by atoms with E-state index in [0.29, 0.717) is 12.2 Å². The molecule has 0 bridgehead atoms. The van der Waals surface area contributed by atoms with Crippen LogP contribution in [-0.2, 0) is 9.53 Å². The van der Waals surface area contributed by atoms with Crippen molar-refractivity contribution >= 4 is 18.6 Å². The summed E-state index contributed by atoms with van der Waals surface area (Å²) in [5.74, 6) is 0.495. The van der Waals surface area contributed by atoms with Gasteiger partial charge >= 0.3 is 5.97 Å². The number of hydrogen-bond donors (Lipinski definition) is 1. The van der Waals surface area contributed by atoms with E-state index in [4.69, 9.17) is 4.74 Å². The van der Waals surface area contributed by atoms with E-state index in [9.17, 15) is 4.79 Å². The highest BCUT2D eigenvalue weighted by molar-refractivity contribution is 7.80. The summed E-state index contributed by atoms with van der Waals surface area (Å²) in [7, 11) is 0. The Labute approximate surface area is 111 Å². The lowest BCUT2D eigenvalue weighted by atomic mass is 9.89. The number of rotatable bonds is 3. The van der Waals surface area contributed by atoms with E-state index in [-0.39, 0.29) is 11.6 Å². The molecule has 100 valence electrons. The molecule has 1 aliphatic rings. The third kappa shape index (κ3) is 6.35. The number of thiol groups is 1. The molecule has 0 spiro atoms. The summed E-state index contributed by atoms with van der Waals surface area (Å²) in [6, 6.07) is 0. The molecule has 0 saturated heterocycles. The molecule has 2 nitrogen and oxygen atoms in total. The average molecular weight is 258 g/mol.